The normalized spacial score (nSPS) is 17.0. The van der Waals surface area contributed by atoms with Crippen LogP contribution in [0.1, 0.15) is 67.6 Å². The second-order valence-electron chi connectivity index (χ2n) is 6.12. The van der Waals surface area contributed by atoms with Crippen molar-refractivity contribution in [1.82, 2.24) is 10.6 Å². The molecule has 2 unspecified atom stereocenters. The van der Waals surface area contributed by atoms with Crippen molar-refractivity contribution < 1.29 is 4.79 Å². The Bertz CT molecular complexity index is 484. The molecule has 3 heteroatoms. The highest BCUT2D eigenvalue weighted by Crippen LogP contribution is 2.28. The molecule has 3 nitrogen and oxygen atoms in total. The van der Waals surface area contributed by atoms with Crippen LogP contribution in [0.25, 0.3) is 0 Å². The summed E-state index contributed by atoms with van der Waals surface area (Å²) in [5.41, 5.74) is 3.30. The second kappa shape index (κ2) is 7.60. The highest BCUT2D eigenvalue weighted by atomic mass is 16.1. The molecule has 2 N–H and O–H groups in total. The van der Waals surface area contributed by atoms with Crippen LogP contribution in [-0.4, -0.2) is 19.0 Å². The van der Waals surface area contributed by atoms with E-state index in [1.54, 1.807) is 0 Å². The monoisotopic (exact) mass is 288 g/mol. The van der Waals surface area contributed by atoms with Gasteiger partial charge < -0.3 is 10.6 Å². The number of carbonyl (C=O) groups is 1. The Morgan fingerprint density at radius 2 is 2.10 bits per heavy atom. The quantitative estimate of drug-likeness (QED) is 0.807. The molecule has 0 aliphatic carbocycles. The van der Waals surface area contributed by atoms with Gasteiger partial charge in [0.05, 0.1) is 0 Å². The SMILES string of the molecule is CCCNC(c1ccc2c(c1)C(=O)NCC2)C(C)CCC. The molecule has 1 aromatic carbocycles. The highest BCUT2D eigenvalue weighted by molar-refractivity contribution is 5.96. The molecule has 2 atom stereocenters. The van der Waals surface area contributed by atoms with Gasteiger partial charge in [0.2, 0.25) is 0 Å². The molecule has 2 rings (SSSR count). The van der Waals surface area contributed by atoms with Gasteiger partial charge in [0, 0.05) is 18.2 Å². The zero-order chi connectivity index (χ0) is 15.2. The molecule has 1 amide bonds. The van der Waals surface area contributed by atoms with E-state index in [1.165, 1.54) is 24.0 Å². The minimum Gasteiger partial charge on any atom is -0.352 e. The Morgan fingerprint density at radius 3 is 2.81 bits per heavy atom. The van der Waals surface area contributed by atoms with Gasteiger partial charge in [0.1, 0.15) is 0 Å². The van der Waals surface area contributed by atoms with E-state index in [4.69, 9.17) is 0 Å². The number of hydrogen-bond acceptors (Lipinski definition) is 2. The lowest BCUT2D eigenvalue weighted by Gasteiger charge is -2.27. The molecule has 21 heavy (non-hydrogen) atoms. The first kappa shape index (κ1) is 16.0. The molecule has 0 fully saturated rings. The molecular weight excluding hydrogens is 260 g/mol. The number of rotatable bonds is 7. The van der Waals surface area contributed by atoms with E-state index in [1.807, 2.05) is 0 Å². The summed E-state index contributed by atoms with van der Waals surface area (Å²) >= 11 is 0. The van der Waals surface area contributed by atoms with Crippen molar-refractivity contribution in [2.24, 2.45) is 5.92 Å². The van der Waals surface area contributed by atoms with E-state index in [0.29, 0.717) is 12.0 Å². The summed E-state index contributed by atoms with van der Waals surface area (Å²) in [5, 5.41) is 6.60. The Labute approximate surface area is 128 Å². The largest absolute Gasteiger partial charge is 0.352 e. The van der Waals surface area contributed by atoms with Gasteiger partial charge in [0.15, 0.2) is 0 Å². The Kier molecular flexibility index (Phi) is 5.80. The fourth-order valence-electron chi connectivity index (χ4n) is 3.19. The van der Waals surface area contributed by atoms with Gasteiger partial charge in [-0.25, -0.2) is 0 Å². The maximum Gasteiger partial charge on any atom is 0.251 e. The van der Waals surface area contributed by atoms with Crippen LogP contribution in [0, 0.1) is 5.92 Å². The molecule has 1 aliphatic heterocycles. The van der Waals surface area contributed by atoms with Gasteiger partial charge in [0.25, 0.3) is 5.91 Å². The molecule has 0 saturated carbocycles. The predicted octanol–water partition coefficient (Wildman–Crippen LogP) is 3.45. The first-order chi connectivity index (χ1) is 10.2. The fourth-order valence-corrected chi connectivity index (χ4v) is 3.19. The zero-order valence-electron chi connectivity index (χ0n) is 13.5. The number of hydrogen-bond donors (Lipinski definition) is 2. The summed E-state index contributed by atoms with van der Waals surface area (Å²) in [6.07, 6.45) is 4.46. The maximum absolute atomic E-state index is 12.0. The van der Waals surface area contributed by atoms with E-state index in [-0.39, 0.29) is 5.91 Å². The van der Waals surface area contributed by atoms with Crippen molar-refractivity contribution in [2.75, 3.05) is 13.1 Å². The number of fused-ring (bicyclic) bond motifs is 1. The van der Waals surface area contributed by atoms with E-state index < -0.39 is 0 Å². The standard InChI is InChI=1S/C18H28N2O/c1-4-6-13(3)17(19-10-5-2)15-8-7-14-9-11-20-18(21)16(14)12-15/h7-8,12-13,17,19H,4-6,9-11H2,1-3H3,(H,20,21). The van der Waals surface area contributed by atoms with Crippen LogP contribution in [0.4, 0.5) is 0 Å². The third-order valence-corrected chi connectivity index (χ3v) is 4.34. The van der Waals surface area contributed by atoms with Crippen LogP contribution in [0.2, 0.25) is 0 Å². The average Bonchev–Trinajstić information content (AvgIpc) is 2.48. The Morgan fingerprint density at radius 1 is 1.29 bits per heavy atom. The van der Waals surface area contributed by atoms with Crippen molar-refractivity contribution in [3.63, 3.8) is 0 Å². The second-order valence-corrected chi connectivity index (χ2v) is 6.12. The number of carbonyl (C=O) groups excluding carboxylic acids is 1. The third-order valence-electron chi connectivity index (χ3n) is 4.34. The van der Waals surface area contributed by atoms with Crippen LogP contribution in [0.5, 0.6) is 0 Å². The van der Waals surface area contributed by atoms with Gasteiger partial charge in [-0.3, -0.25) is 4.79 Å². The summed E-state index contributed by atoms with van der Waals surface area (Å²) in [7, 11) is 0. The topological polar surface area (TPSA) is 41.1 Å². The minimum atomic E-state index is 0.0792. The summed E-state index contributed by atoms with van der Waals surface area (Å²) in [6.45, 7) is 8.50. The van der Waals surface area contributed by atoms with E-state index in [9.17, 15) is 4.79 Å². The van der Waals surface area contributed by atoms with Crippen molar-refractivity contribution in [2.45, 2.75) is 52.5 Å². The molecule has 0 spiro atoms. The van der Waals surface area contributed by atoms with Gasteiger partial charge >= 0.3 is 0 Å². The van der Waals surface area contributed by atoms with Crippen molar-refractivity contribution in [1.29, 1.82) is 0 Å². The molecule has 0 bridgehead atoms. The van der Waals surface area contributed by atoms with Crippen LogP contribution in [0.15, 0.2) is 18.2 Å². The highest BCUT2D eigenvalue weighted by Gasteiger charge is 2.22. The lowest BCUT2D eigenvalue weighted by molar-refractivity contribution is 0.0946. The smallest absolute Gasteiger partial charge is 0.251 e. The van der Waals surface area contributed by atoms with E-state index >= 15 is 0 Å². The van der Waals surface area contributed by atoms with Crippen molar-refractivity contribution >= 4 is 5.91 Å². The van der Waals surface area contributed by atoms with Crippen LogP contribution in [0.3, 0.4) is 0 Å². The van der Waals surface area contributed by atoms with Gasteiger partial charge in [-0.05, 0) is 48.9 Å². The molecule has 1 aliphatic rings. The average molecular weight is 288 g/mol. The number of amides is 1. The summed E-state index contributed by atoms with van der Waals surface area (Å²) < 4.78 is 0. The predicted molar refractivity (Wildman–Crippen MR) is 87.6 cm³/mol. The zero-order valence-corrected chi connectivity index (χ0v) is 13.5. The number of benzene rings is 1. The van der Waals surface area contributed by atoms with Crippen molar-refractivity contribution in [3.8, 4) is 0 Å². The molecule has 0 saturated heterocycles. The van der Waals surface area contributed by atoms with Gasteiger partial charge in [-0.1, -0.05) is 39.3 Å². The van der Waals surface area contributed by atoms with Crippen LogP contribution in [-0.2, 0) is 6.42 Å². The molecule has 1 heterocycles. The first-order valence-electron chi connectivity index (χ1n) is 8.31. The molecule has 0 radical (unpaired) electrons. The fraction of sp³-hybridized carbons (Fsp3) is 0.611. The summed E-state index contributed by atoms with van der Waals surface area (Å²) in [6, 6.07) is 6.79. The van der Waals surface area contributed by atoms with Crippen molar-refractivity contribution in [3.05, 3.63) is 34.9 Å². The molecule has 116 valence electrons. The number of nitrogens with one attached hydrogen (secondary N) is 2. The van der Waals surface area contributed by atoms with Gasteiger partial charge in [-0.15, -0.1) is 0 Å². The minimum absolute atomic E-state index is 0.0792. The molecular formula is C18H28N2O. The molecule has 0 aromatic heterocycles. The van der Waals surface area contributed by atoms with Gasteiger partial charge in [-0.2, -0.15) is 0 Å². The maximum atomic E-state index is 12.0. The Hall–Kier alpha value is -1.35. The van der Waals surface area contributed by atoms with Crippen LogP contribution >= 0.6 is 0 Å². The van der Waals surface area contributed by atoms with E-state index in [0.717, 1.165) is 31.5 Å². The molecule has 1 aromatic rings. The third kappa shape index (κ3) is 3.85. The van der Waals surface area contributed by atoms with E-state index in [2.05, 4.69) is 49.6 Å². The first-order valence-corrected chi connectivity index (χ1v) is 8.31. The Balaban J connectivity index is 2.26. The van der Waals surface area contributed by atoms with Crippen LogP contribution < -0.4 is 10.6 Å². The summed E-state index contributed by atoms with van der Waals surface area (Å²) in [4.78, 5) is 12.0. The summed E-state index contributed by atoms with van der Waals surface area (Å²) in [5.74, 6) is 0.654. The lowest BCUT2D eigenvalue weighted by Crippen LogP contribution is -2.33. The lowest BCUT2D eigenvalue weighted by atomic mass is 9.88.